The van der Waals surface area contributed by atoms with Crippen LogP contribution in [-0.2, 0) is 14.8 Å². The first-order valence-electron chi connectivity index (χ1n) is 6.13. The van der Waals surface area contributed by atoms with Crippen molar-refractivity contribution in [2.75, 3.05) is 0 Å². The van der Waals surface area contributed by atoms with E-state index < -0.39 is 10.0 Å². The standard InChI is InChI=1S/C11H17NO3S/c13-11(9-5-4-7-6-10(7)9)12-16(14,15)8-2-1-3-8/h7-10H,1-6H2,(H,12,13)/t7-,9-,10+/m1/s1. The normalized spacial score (nSPS) is 37.6. The summed E-state index contributed by atoms with van der Waals surface area (Å²) in [5.74, 6) is 0.926. The van der Waals surface area contributed by atoms with Gasteiger partial charge in [0, 0.05) is 5.92 Å². The molecule has 1 N–H and O–H groups in total. The number of fused-ring (bicyclic) bond motifs is 1. The summed E-state index contributed by atoms with van der Waals surface area (Å²) in [5, 5.41) is -0.312. The van der Waals surface area contributed by atoms with Gasteiger partial charge in [-0.05, 0) is 43.9 Å². The SMILES string of the molecule is O=C(NS(=O)(=O)C1CCC1)[C@@H]1CC[C@@H]2C[C@@H]21. The lowest BCUT2D eigenvalue weighted by molar-refractivity contribution is -0.123. The molecule has 0 aromatic heterocycles. The Morgan fingerprint density at radius 1 is 1.12 bits per heavy atom. The number of sulfonamides is 1. The van der Waals surface area contributed by atoms with Crippen molar-refractivity contribution in [3.8, 4) is 0 Å². The molecule has 3 saturated carbocycles. The minimum Gasteiger partial charge on any atom is -0.274 e. The van der Waals surface area contributed by atoms with Gasteiger partial charge in [0.05, 0.1) is 5.25 Å². The average Bonchev–Trinajstić information content (AvgIpc) is 2.72. The van der Waals surface area contributed by atoms with E-state index in [1.807, 2.05) is 0 Å². The summed E-state index contributed by atoms with van der Waals surface area (Å²) in [6, 6.07) is 0. The minimum atomic E-state index is -3.36. The first-order valence-corrected chi connectivity index (χ1v) is 7.68. The van der Waals surface area contributed by atoms with Gasteiger partial charge in [-0.25, -0.2) is 8.42 Å². The molecule has 0 heterocycles. The van der Waals surface area contributed by atoms with E-state index in [9.17, 15) is 13.2 Å². The van der Waals surface area contributed by atoms with E-state index in [0.717, 1.165) is 25.7 Å². The zero-order valence-corrected chi connectivity index (χ0v) is 10.0. The zero-order valence-electron chi connectivity index (χ0n) is 9.19. The maximum atomic E-state index is 11.9. The average molecular weight is 243 g/mol. The van der Waals surface area contributed by atoms with Crippen molar-refractivity contribution in [2.24, 2.45) is 17.8 Å². The van der Waals surface area contributed by atoms with Crippen molar-refractivity contribution in [3.63, 3.8) is 0 Å². The Morgan fingerprint density at radius 3 is 2.31 bits per heavy atom. The third-order valence-corrected chi connectivity index (χ3v) is 6.25. The van der Waals surface area contributed by atoms with E-state index in [1.165, 1.54) is 0 Å². The van der Waals surface area contributed by atoms with Crippen LogP contribution in [0.5, 0.6) is 0 Å². The van der Waals surface area contributed by atoms with Gasteiger partial charge in [-0.1, -0.05) is 6.42 Å². The van der Waals surface area contributed by atoms with Crippen LogP contribution in [0.2, 0.25) is 0 Å². The van der Waals surface area contributed by atoms with Gasteiger partial charge in [-0.15, -0.1) is 0 Å². The van der Waals surface area contributed by atoms with E-state index in [-0.39, 0.29) is 17.1 Å². The summed E-state index contributed by atoms with van der Waals surface area (Å²) >= 11 is 0. The first kappa shape index (κ1) is 10.6. The van der Waals surface area contributed by atoms with Gasteiger partial charge in [0.1, 0.15) is 0 Å². The number of hydrogen-bond donors (Lipinski definition) is 1. The highest BCUT2D eigenvalue weighted by atomic mass is 32.2. The monoisotopic (exact) mass is 243 g/mol. The number of nitrogens with one attached hydrogen (secondary N) is 1. The number of carbonyl (C=O) groups excluding carboxylic acids is 1. The second kappa shape index (κ2) is 3.45. The van der Waals surface area contributed by atoms with Crippen LogP contribution in [0.15, 0.2) is 0 Å². The molecule has 3 aliphatic rings. The van der Waals surface area contributed by atoms with E-state index in [1.54, 1.807) is 0 Å². The minimum absolute atomic E-state index is 0.0279. The molecule has 16 heavy (non-hydrogen) atoms. The molecule has 0 aliphatic heterocycles. The highest BCUT2D eigenvalue weighted by molar-refractivity contribution is 7.90. The van der Waals surface area contributed by atoms with Gasteiger partial charge in [-0.2, -0.15) is 0 Å². The van der Waals surface area contributed by atoms with Crippen LogP contribution in [0.1, 0.15) is 38.5 Å². The van der Waals surface area contributed by atoms with E-state index in [4.69, 9.17) is 0 Å². The molecule has 3 rings (SSSR count). The molecule has 3 aliphatic carbocycles. The molecule has 1 amide bonds. The van der Waals surface area contributed by atoms with Crippen LogP contribution in [0.25, 0.3) is 0 Å². The van der Waals surface area contributed by atoms with Crippen molar-refractivity contribution in [1.29, 1.82) is 0 Å². The molecule has 0 saturated heterocycles. The number of carbonyl (C=O) groups is 1. The Labute approximate surface area is 95.8 Å². The maximum Gasteiger partial charge on any atom is 0.237 e. The summed E-state index contributed by atoms with van der Waals surface area (Å²) in [6.07, 6.45) is 5.49. The van der Waals surface area contributed by atoms with E-state index in [0.29, 0.717) is 24.7 Å². The molecular weight excluding hydrogens is 226 g/mol. The molecular formula is C11H17NO3S. The third kappa shape index (κ3) is 1.65. The lowest BCUT2D eigenvalue weighted by Gasteiger charge is -2.26. The summed E-state index contributed by atoms with van der Waals surface area (Å²) in [7, 11) is -3.36. The van der Waals surface area contributed by atoms with Gasteiger partial charge >= 0.3 is 0 Å². The fraction of sp³-hybridized carbons (Fsp3) is 0.909. The van der Waals surface area contributed by atoms with Crippen LogP contribution < -0.4 is 4.72 Å². The van der Waals surface area contributed by atoms with Gasteiger partial charge in [0.2, 0.25) is 15.9 Å². The molecule has 5 heteroatoms. The van der Waals surface area contributed by atoms with E-state index >= 15 is 0 Å². The first-order chi connectivity index (χ1) is 7.58. The molecule has 0 aromatic rings. The Bertz CT molecular complexity index is 413. The predicted molar refractivity (Wildman–Crippen MR) is 59.0 cm³/mol. The van der Waals surface area contributed by atoms with Gasteiger partial charge in [0.15, 0.2) is 0 Å². The summed E-state index contributed by atoms with van der Waals surface area (Å²) in [5.41, 5.74) is 0. The number of rotatable bonds is 3. The highest BCUT2D eigenvalue weighted by Crippen LogP contribution is 2.55. The van der Waals surface area contributed by atoms with Crippen molar-refractivity contribution >= 4 is 15.9 Å². The van der Waals surface area contributed by atoms with Crippen molar-refractivity contribution in [2.45, 2.75) is 43.8 Å². The molecule has 90 valence electrons. The molecule has 0 spiro atoms. The van der Waals surface area contributed by atoms with Gasteiger partial charge < -0.3 is 0 Å². The smallest absolute Gasteiger partial charge is 0.237 e. The zero-order chi connectivity index (χ0) is 11.3. The maximum absolute atomic E-state index is 11.9. The molecule has 0 aromatic carbocycles. The molecule has 4 nitrogen and oxygen atoms in total. The van der Waals surface area contributed by atoms with Crippen molar-refractivity contribution < 1.29 is 13.2 Å². The molecule has 3 fully saturated rings. The van der Waals surface area contributed by atoms with E-state index in [2.05, 4.69) is 4.72 Å². The summed E-state index contributed by atoms with van der Waals surface area (Å²) < 4.78 is 25.8. The van der Waals surface area contributed by atoms with Crippen molar-refractivity contribution in [1.82, 2.24) is 4.72 Å². The second-order valence-electron chi connectivity index (χ2n) is 5.41. The predicted octanol–water partition coefficient (Wildman–Crippen LogP) is 1.03. The molecule has 0 radical (unpaired) electrons. The molecule has 0 unspecified atom stereocenters. The fourth-order valence-electron chi connectivity index (χ4n) is 3.01. The largest absolute Gasteiger partial charge is 0.274 e. The lowest BCUT2D eigenvalue weighted by atomic mass is 10.0. The quantitative estimate of drug-likeness (QED) is 0.805. The Morgan fingerprint density at radius 2 is 1.88 bits per heavy atom. The van der Waals surface area contributed by atoms with Gasteiger partial charge in [-0.3, -0.25) is 9.52 Å². The highest BCUT2D eigenvalue weighted by Gasteiger charge is 2.51. The van der Waals surface area contributed by atoms with Crippen molar-refractivity contribution in [3.05, 3.63) is 0 Å². The van der Waals surface area contributed by atoms with Crippen LogP contribution in [0.4, 0.5) is 0 Å². The Hall–Kier alpha value is -0.580. The van der Waals surface area contributed by atoms with Gasteiger partial charge in [0.25, 0.3) is 0 Å². The Balaban J connectivity index is 1.63. The molecule has 0 bridgehead atoms. The third-order valence-electron chi connectivity index (χ3n) is 4.41. The number of hydrogen-bond acceptors (Lipinski definition) is 3. The van der Waals surface area contributed by atoms with Crippen LogP contribution in [0.3, 0.4) is 0 Å². The Kier molecular flexibility index (Phi) is 2.28. The summed E-state index contributed by atoms with van der Waals surface area (Å²) in [6.45, 7) is 0. The second-order valence-corrected chi connectivity index (χ2v) is 7.37. The molecule has 3 atom stereocenters. The lowest BCUT2D eigenvalue weighted by Crippen LogP contribution is -2.44. The topological polar surface area (TPSA) is 63.2 Å². The summed E-state index contributed by atoms with van der Waals surface area (Å²) in [4.78, 5) is 11.9. The fourth-order valence-corrected chi connectivity index (χ4v) is 4.56. The van der Waals surface area contributed by atoms with Crippen LogP contribution in [0, 0.1) is 17.8 Å². The number of amides is 1. The van der Waals surface area contributed by atoms with Crippen LogP contribution in [-0.4, -0.2) is 19.6 Å². The van der Waals surface area contributed by atoms with Crippen LogP contribution >= 0.6 is 0 Å².